The number of rotatable bonds is 2. The van der Waals surface area contributed by atoms with E-state index in [2.05, 4.69) is 16.0 Å². The second-order valence-corrected chi connectivity index (χ2v) is 5.42. The molecule has 2 aromatic heterocycles. The molecule has 0 unspecified atom stereocenters. The molecule has 1 N–H and O–H groups in total. The predicted octanol–water partition coefficient (Wildman–Crippen LogP) is 3.67. The summed E-state index contributed by atoms with van der Waals surface area (Å²) in [5, 5.41) is 2.15. The fraction of sp³-hybridized carbons (Fsp3) is 0.0526. The molecule has 0 spiro atoms. The standard InChI is InChI=1S/C19H14N2O/c22-19-16(12-15-4-1-2-6-18(15)21-19)11-13-7-8-17-14(10-13)5-3-9-20-17/h1-10,12H,11H2,(H,21,22). The maximum Gasteiger partial charge on any atom is 0.251 e. The molecule has 3 nitrogen and oxygen atoms in total. The summed E-state index contributed by atoms with van der Waals surface area (Å²) in [7, 11) is 0. The second-order valence-electron chi connectivity index (χ2n) is 5.42. The molecular weight excluding hydrogens is 272 g/mol. The quantitative estimate of drug-likeness (QED) is 0.611. The van der Waals surface area contributed by atoms with E-state index < -0.39 is 0 Å². The van der Waals surface area contributed by atoms with Crippen LogP contribution in [0.4, 0.5) is 0 Å². The minimum atomic E-state index is -0.0232. The lowest BCUT2D eigenvalue weighted by Gasteiger charge is -2.05. The van der Waals surface area contributed by atoms with Crippen LogP contribution in [0.1, 0.15) is 11.1 Å². The van der Waals surface area contributed by atoms with E-state index in [0.29, 0.717) is 6.42 Å². The zero-order valence-corrected chi connectivity index (χ0v) is 11.9. The summed E-state index contributed by atoms with van der Waals surface area (Å²) in [6.45, 7) is 0. The number of pyridine rings is 2. The van der Waals surface area contributed by atoms with Crippen LogP contribution in [0.3, 0.4) is 0 Å². The van der Waals surface area contributed by atoms with Gasteiger partial charge >= 0.3 is 0 Å². The van der Waals surface area contributed by atoms with Gasteiger partial charge in [-0.25, -0.2) is 0 Å². The van der Waals surface area contributed by atoms with Crippen molar-refractivity contribution in [2.45, 2.75) is 6.42 Å². The summed E-state index contributed by atoms with van der Waals surface area (Å²) in [5.41, 5.74) is 3.71. The monoisotopic (exact) mass is 286 g/mol. The molecule has 4 aromatic rings. The van der Waals surface area contributed by atoms with E-state index in [1.165, 1.54) is 0 Å². The van der Waals surface area contributed by atoms with Crippen molar-refractivity contribution in [3.05, 3.63) is 88.3 Å². The summed E-state index contributed by atoms with van der Waals surface area (Å²) >= 11 is 0. The topological polar surface area (TPSA) is 45.8 Å². The lowest BCUT2D eigenvalue weighted by molar-refractivity contribution is 1.12. The van der Waals surface area contributed by atoms with Crippen molar-refractivity contribution in [1.29, 1.82) is 0 Å². The van der Waals surface area contributed by atoms with Crippen molar-refractivity contribution < 1.29 is 0 Å². The average Bonchev–Trinajstić information content (AvgIpc) is 2.55. The second kappa shape index (κ2) is 5.11. The van der Waals surface area contributed by atoms with Crippen molar-refractivity contribution in [2.75, 3.05) is 0 Å². The van der Waals surface area contributed by atoms with Gasteiger partial charge in [0.2, 0.25) is 0 Å². The molecule has 0 atom stereocenters. The number of H-pyrrole nitrogens is 1. The van der Waals surface area contributed by atoms with Crippen LogP contribution in [-0.2, 0) is 6.42 Å². The maximum atomic E-state index is 12.2. The van der Waals surface area contributed by atoms with Gasteiger partial charge in [0, 0.05) is 29.1 Å². The van der Waals surface area contributed by atoms with Gasteiger partial charge in [0.25, 0.3) is 5.56 Å². The van der Waals surface area contributed by atoms with E-state index in [1.807, 2.05) is 54.6 Å². The Bertz CT molecular complexity index is 1030. The molecule has 0 amide bonds. The first-order chi connectivity index (χ1) is 10.8. The van der Waals surface area contributed by atoms with Crippen LogP contribution in [0.2, 0.25) is 0 Å². The molecule has 0 fully saturated rings. The molecule has 22 heavy (non-hydrogen) atoms. The number of aromatic nitrogens is 2. The van der Waals surface area contributed by atoms with Crippen LogP contribution in [0.25, 0.3) is 21.8 Å². The summed E-state index contributed by atoms with van der Waals surface area (Å²) in [6.07, 6.45) is 2.40. The Balaban J connectivity index is 1.78. The molecule has 2 aromatic carbocycles. The third-order valence-corrected chi connectivity index (χ3v) is 3.89. The van der Waals surface area contributed by atoms with Crippen LogP contribution in [0.15, 0.2) is 71.7 Å². The Kier molecular flexibility index (Phi) is 2.97. The fourth-order valence-electron chi connectivity index (χ4n) is 2.78. The van der Waals surface area contributed by atoms with Crippen molar-refractivity contribution in [3.8, 4) is 0 Å². The Hall–Kier alpha value is -2.94. The van der Waals surface area contributed by atoms with Crippen molar-refractivity contribution >= 4 is 21.8 Å². The summed E-state index contributed by atoms with van der Waals surface area (Å²) < 4.78 is 0. The number of benzene rings is 2. The normalized spacial score (nSPS) is 11.1. The number of hydrogen-bond acceptors (Lipinski definition) is 2. The van der Waals surface area contributed by atoms with Crippen LogP contribution in [0.5, 0.6) is 0 Å². The first kappa shape index (κ1) is 12.8. The smallest absolute Gasteiger partial charge is 0.251 e. The van der Waals surface area contributed by atoms with Gasteiger partial charge in [-0.05, 0) is 41.3 Å². The molecule has 0 bridgehead atoms. The van der Waals surface area contributed by atoms with Gasteiger partial charge in [0.05, 0.1) is 5.52 Å². The van der Waals surface area contributed by atoms with E-state index in [0.717, 1.165) is 32.9 Å². The lowest BCUT2D eigenvalue weighted by atomic mass is 10.0. The highest BCUT2D eigenvalue weighted by Gasteiger charge is 2.05. The molecule has 0 aliphatic carbocycles. The number of nitrogens with zero attached hydrogens (tertiary/aromatic N) is 1. The van der Waals surface area contributed by atoms with E-state index >= 15 is 0 Å². The number of fused-ring (bicyclic) bond motifs is 2. The first-order valence-electron chi connectivity index (χ1n) is 7.24. The van der Waals surface area contributed by atoms with Crippen molar-refractivity contribution in [3.63, 3.8) is 0 Å². The third kappa shape index (κ3) is 2.27. The fourth-order valence-corrected chi connectivity index (χ4v) is 2.78. The number of hydrogen-bond donors (Lipinski definition) is 1. The highest BCUT2D eigenvalue weighted by atomic mass is 16.1. The van der Waals surface area contributed by atoms with E-state index in [9.17, 15) is 4.79 Å². The molecule has 0 saturated carbocycles. The van der Waals surface area contributed by atoms with Gasteiger partial charge < -0.3 is 4.98 Å². The van der Waals surface area contributed by atoms with Gasteiger partial charge in [-0.3, -0.25) is 9.78 Å². The average molecular weight is 286 g/mol. The maximum absolute atomic E-state index is 12.2. The highest BCUT2D eigenvalue weighted by Crippen LogP contribution is 2.17. The van der Waals surface area contributed by atoms with Gasteiger partial charge in [-0.1, -0.05) is 30.3 Å². The van der Waals surface area contributed by atoms with E-state index in [1.54, 1.807) is 6.20 Å². The Morgan fingerprint density at radius 1 is 0.909 bits per heavy atom. The predicted molar refractivity (Wildman–Crippen MR) is 89.1 cm³/mol. The number of nitrogens with one attached hydrogen (secondary N) is 1. The lowest BCUT2D eigenvalue weighted by Crippen LogP contribution is -2.12. The Morgan fingerprint density at radius 2 is 1.77 bits per heavy atom. The molecular formula is C19H14N2O. The van der Waals surface area contributed by atoms with Crippen LogP contribution < -0.4 is 5.56 Å². The van der Waals surface area contributed by atoms with Crippen LogP contribution in [0, 0.1) is 0 Å². The molecule has 0 aliphatic heterocycles. The first-order valence-corrected chi connectivity index (χ1v) is 7.24. The third-order valence-electron chi connectivity index (χ3n) is 3.89. The van der Waals surface area contributed by atoms with Crippen LogP contribution in [-0.4, -0.2) is 9.97 Å². The minimum absolute atomic E-state index is 0.0232. The zero-order chi connectivity index (χ0) is 14.9. The van der Waals surface area contributed by atoms with Crippen molar-refractivity contribution in [2.24, 2.45) is 0 Å². The largest absolute Gasteiger partial charge is 0.322 e. The van der Waals surface area contributed by atoms with Crippen molar-refractivity contribution in [1.82, 2.24) is 9.97 Å². The molecule has 0 saturated heterocycles. The number of para-hydroxylation sites is 1. The Labute approximate surface area is 127 Å². The molecule has 3 heteroatoms. The highest BCUT2D eigenvalue weighted by molar-refractivity contribution is 5.80. The molecule has 0 radical (unpaired) electrons. The SMILES string of the molecule is O=c1[nH]c2ccccc2cc1Cc1ccc2ncccc2c1. The molecule has 106 valence electrons. The Morgan fingerprint density at radius 3 is 2.73 bits per heavy atom. The van der Waals surface area contributed by atoms with Gasteiger partial charge in [-0.15, -0.1) is 0 Å². The van der Waals surface area contributed by atoms with Gasteiger partial charge in [-0.2, -0.15) is 0 Å². The number of aromatic amines is 1. The van der Waals surface area contributed by atoms with Crippen LogP contribution >= 0.6 is 0 Å². The summed E-state index contributed by atoms with van der Waals surface area (Å²) in [4.78, 5) is 19.5. The summed E-state index contributed by atoms with van der Waals surface area (Å²) in [6, 6.07) is 19.9. The zero-order valence-electron chi connectivity index (χ0n) is 11.9. The summed E-state index contributed by atoms with van der Waals surface area (Å²) in [5.74, 6) is 0. The minimum Gasteiger partial charge on any atom is -0.322 e. The van der Waals surface area contributed by atoms with Gasteiger partial charge in [0.15, 0.2) is 0 Å². The molecule has 2 heterocycles. The van der Waals surface area contributed by atoms with E-state index in [-0.39, 0.29) is 5.56 Å². The van der Waals surface area contributed by atoms with E-state index in [4.69, 9.17) is 0 Å². The molecule has 4 rings (SSSR count). The molecule has 0 aliphatic rings. The van der Waals surface area contributed by atoms with Gasteiger partial charge in [0.1, 0.15) is 0 Å².